The molecule has 0 spiro atoms. The SMILES string of the molecule is CCOc1cc2c(cc1CNC(=NC)NCCc1nc(C)c(C)s1)OC(C)C2. The number of nitrogens with one attached hydrogen (secondary N) is 2. The zero-order valence-corrected chi connectivity index (χ0v) is 18.2. The van der Waals surface area contributed by atoms with E-state index >= 15 is 0 Å². The zero-order valence-electron chi connectivity index (χ0n) is 17.4. The summed E-state index contributed by atoms with van der Waals surface area (Å²) in [5.41, 5.74) is 3.42. The first-order chi connectivity index (χ1) is 13.5. The first kappa shape index (κ1) is 20.5. The van der Waals surface area contributed by atoms with Gasteiger partial charge < -0.3 is 20.1 Å². The molecule has 1 aromatic carbocycles. The molecule has 1 aromatic heterocycles. The predicted octanol–water partition coefficient (Wildman–Crippen LogP) is 3.39. The molecule has 7 heteroatoms. The van der Waals surface area contributed by atoms with Gasteiger partial charge in [-0.05, 0) is 39.8 Å². The van der Waals surface area contributed by atoms with E-state index in [1.807, 2.05) is 6.92 Å². The van der Waals surface area contributed by atoms with Crippen LogP contribution in [0.15, 0.2) is 17.1 Å². The molecule has 0 radical (unpaired) electrons. The van der Waals surface area contributed by atoms with Crippen molar-refractivity contribution in [1.82, 2.24) is 15.6 Å². The minimum absolute atomic E-state index is 0.222. The highest BCUT2D eigenvalue weighted by molar-refractivity contribution is 7.11. The van der Waals surface area contributed by atoms with Crippen molar-refractivity contribution < 1.29 is 9.47 Å². The second kappa shape index (κ2) is 9.28. The van der Waals surface area contributed by atoms with E-state index < -0.39 is 0 Å². The van der Waals surface area contributed by atoms with E-state index in [1.54, 1.807) is 18.4 Å². The third-order valence-electron chi connectivity index (χ3n) is 4.75. The molecule has 0 saturated carbocycles. The molecular formula is C21H30N4O2S. The number of aliphatic imine (C=N–C) groups is 1. The topological polar surface area (TPSA) is 67.8 Å². The lowest BCUT2D eigenvalue weighted by molar-refractivity contribution is 0.254. The Bertz CT molecular complexity index is 828. The normalized spacial score (nSPS) is 15.9. The molecule has 1 unspecified atom stereocenters. The molecule has 6 nitrogen and oxygen atoms in total. The summed E-state index contributed by atoms with van der Waals surface area (Å²) < 4.78 is 11.8. The Morgan fingerprint density at radius 2 is 2.18 bits per heavy atom. The number of hydrogen-bond acceptors (Lipinski definition) is 5. The number of aryl methyl sites for hydroxylation is 2. The molecular weight excluding hydrogens is 372 g/mol. The van der Waals surface area contributed by atoms with Crippen LogP contribution in [0.3, 0.4) is 0 Å². The Morgan fingerprint density at radius 1 is 1.36 bits per heavy atom. The molecule has 2 aromatic rings. The van der Waals surface area contributed by atoms with Crippen molar-refractivity contribution in [3.63, 3.8) is 0 Å². The van der Waals surface area contributed by atoms with Crippen LogP contribution in [-0.4, -0.2) is 37.2 Å². The number of benzene rings is 1. The Hall–Kier alpha value is -2.28. The third kappa shape index (κ3) is 4.95. The molecule has 2 heterocycles. The van der Waals surface area contributed by atoms with Crippen molar-refractivity contribution in [1.29, 1.82) is 0 Å². The van der Waals surface area contributed by atoms with Gasteiger partial charge in [0.1, 0.15) is 17.6 Å². The minimum atomic E-state index is 0.222. The van der Waals surface area contributed by atoms with E-state index in [2.05, 4.69) is 53.5 Å². The number of ether oxygens (including phenoxy) is 2. The molecule has 0 fully saturated rings. The molecule has 0 saturated heterocycles. The number of hydrogen-bond donors (Lipinski definition) is 2. The summed E-state index contributed by atoms with van der Waals surface area (Å²) >= 11 is 1.76. The molecule has 2 N–H and O–H groups in total. The third-order valence-corrected chi connectivity index (χ3v) is 5.89. The van der Waals surface area contributed by atoms with Gasteiger partial charge in [0.25, 0.3) is 0 Å². The summed E-state index contributed by atoms with van der Waals surface area (Å²) in [4.78, 5) is 10.2. The summed E-state index contributed by atoms with van der Waals surface area (Å²) in [6, 6.07) is 4.20. The summed E-state index contributed by atoms with van der Waals surface area (Å²) in [7, 11) is 1.78. The van der Waals surface area contributed by atoms with Crippen molar-refractivity contribution in [3.8, 4) is 11.5 Å². The molecule has 0 bridgehead atoms. The van der Waals surface area contributed by atoms with Gasteiger partial charge in [-0.25, -0.2) is 4.98 Å². The van der Waals surface area contributed by atoms with Crippen LogP contribution in [0.4, 0.5) is 0 Å². The van der Waals surface area contributed by atoms with Crippen LogP contribution in [-0.2, 0) is 19.4 Å². The lowest BCUT2D eigenvalue weighted by Crippen LogP contribution is -2.37. The van der Waals surface area contributed by atoms with E-state index in [1.165, 1.54) is 10.4 Å². The summed E-state index contributed by atoms with van der Waals surface area (Å²) in [5, 5.41) is 7.89. The van der Waals surface area contributed by atoms with Gasteiger partial charge in [0.2, 0.25) is 0 Å². The summed E-state index contributed by atoms with van der Waals surface area (Å²) in [6.45, 7) is 10.3. The Morgan fingerprint density at radius 3 is 2.86 bits per heavy atom. The van der Waals surface area contributed by atoms with Gasteiger partial charge in [-0.2, -0.15) is 0 Å². The van der Waals surface area contributed by atoms with Crippen LogP contribution in [0.2, 0.25) is 0 Å². The van der Waals surface area contributed by atoms with E-state index in [0.717, 1.165) is 53.1 Å². The fourth-order valence-electron chi connectivity index (χ4n) is 3.24. The van der Waals surface area contributed by atoms with Gasteiger partial charge in [-0.3, -0.25) is 4.99 Å². The number of fused-ring (bicyclic) bond motifs is 1. The standard InChI is InChI=1S/C21H30N4O2S/c1-6-26-18-10-16-9-13(2)27-19(16)11-17(18)12-24-21(22-5)23-8-7-20-25-14(3)15(4)28-20/h10-11,13H,6-9,12H2,1-5H3,(H2,22,23,24). The average molecular weight is 403 g/mol. The fourth-order valence-corrected chi connectivity index (χ4v) is 4.18. The van der Waals surface area contributed by atoms with Crippen LogP contribution in [0.5, 0.6) is 11.5 Å². The van der Waals surface area contributed by atoms with Crippen LogP contribution in [0.1, 0.15) is 40.6 Å². The maximum Gasteiger partial charge on any atom is 0.191 e. The highest BCUT2D eigenvalue weighted by atomic mass is 32.1. The number of guanidine groups is 1. The first-order valence-corrected chi connectivity index (χ1v) is 10.6. The summed E-state index contributed by atoms with van der Waals surface area (Å²) in [6.07, 6.45) is 2.04. The average Bonchev–Trinajstić information content (AvgIpc) is 3.18. The molecule has 3 rings (SSSR count). The molecule has 1 atom stereocenters. The highest BCUT2D eigenvalue weighted by Crippen LogP contribution is 2.35. The van der Waals surface area contributed by atoms with Crippen molar-refractivity contribution in [2.24, 2.45) is 4.99 Å². The van der Waals surface area contributed by atoms with Crippen molar-refractivity contribution in [2.75, 3.05) is 20.2 Å². The van der Waals surface area contributed by atoms with Crippen molar-refractivity contribution >= 4 is 17.3 Å². The molecule has 0 amide bonds. The predicted molar refractivity (Wildman–Crippen MR) is 115 cm³/mol. The molecule has 152 valence electrons. The largest absolute Gasteiger partial charge is 0.494 e. The highest BCUT2D eigenvalue weighted by Gasteiger charge is 2.21. The van der Waals surface area contributed by atoms with Gasteiger partial charge >= 0.3 is 0 Å². The van der Waals surface area contributed by atoms with E-state index in [0.29, 0.717) is 13.2 Å². The quantitative estimate of drug-likeness (QED) is 0.549. The van der Waals surface area contributed by atoms with Crippen LogP contribution in [0.25, 0.3) is 0 Å². The van der Waals surface area contributed by atoms with Gasteiger partial charge in [-0.1, -0.05) is 0 Å². The number of thiazole rings is 1. The van der Waals surface area contributed by atoms with E-state index in [4.69, 9.17) is 9.47 Å². The molecule has 1 aliphatic rings. The Balaban J connectivity index is 1.57. The first-order valence-electron chi connectivity index (χ1n) is 9.82. The minimum Gasteiger partial charge on any atom is -0.494 e. The van der Waals surface area contributed by atoms with E-state index in [-0.39, 0.29) is 6.10 Å². The van der Waals surface area contributed by atoms with Crippen LogP contribution in [0, 0.1) is 13.8 Å². The monoisotopic (exact) mass is 402 g/mol. The molecule has 28 heavy (non-hydrogen) atoms. The van der Waals surface area contributed by atoms with E-state index in [9.17, 15) is 0 Å². The zero-order chi connectivity index (χ0) is 20.1. The van der Waals surface area contributed by atoms with Crippen molar-refractivity contribution in [2.45, 2.75) is 53.2 Å². The van der Waals surface area contributed by atoms with Crippen molar-refractivity contribution in [3.05, 3.63) is 38.8 Å². The maximum atomic E-state index is 5.90. The number of nitrogens with zero attached hydrogens (tertiary/aromatic N) is 2. The van der Waals surface area contributed by atoms with Gasteiger partial charge in [0.05, 0.1) is 17.3 Å². The summed E-state index contributed by atoms with van der Waals surface area (Å²) in [5.74, 6) is 2.64. The number of rotatable bonds is 7. The smallest absolute Gasteiger partial charge is 0.191 e. The van der Waals surface area contributed by atoms with Gasteiger partial charge in [0, 0.05) is 49.0 Å². The second-order valence-electron chi connectivity index (χ2n) is 6.99. The second-order valence-corrected chi connectivity index (χ2v) is 8.27. The van der Waals surface area contributed by atoms with Crippen LogP contribution >= 0.6 is 11.3 Å². The van der Waals surface area contributed by atoms with Crippen LogP contribution < -0.4 is 20.1 Å². The Labute approximate surface area is 171 Å². The Kier molecular flexibility index (Phi) is 6.78. The fraction of sp³-hybridized carbons (Fsp3) is 0.524. The number of aromatic nitrogens is 1. The molecule has 1 aliphatic heterocycles. The lowest BCUT2D eigenvalue weighted by atomic mass is 10.1. The van der Waals surface area contributed by atoms with Gasteiger partial charge in [0.15, 0.2) is 5.96 Å². The van der Waals surface area contributed by atoms with Gasteiger partial charge in [-0.15, -0.1) is 11.3 Å². The lowest BCUT2D eigenvalue weighted by Gasteiger charge is -2.15. The maximum absolute atomic E-state index is 5.90. The molecule has 0 aliphatic carbocycles.